The van der Waals surface area contributed by atoms with Gasteiger partial charge in [0.15, 0.2) is 5.76 Å². The molecule has 6 nitrogen and oxygen atoms in total. The molecular formula is C22H18N2O4. The van der Waals surface area contributed by atoms with Gasteiger partial charge in [0.1, 0.15) is 29.8 Å². The Morgan fingerprint density at radius 3 is 3.00 bits per heavy atom. The molecule has 2 aromatic heterocycles. The smallest absolute Gasteiger partial charge is 0.355 e. The normalized spacial score (nSPS) is 15.4. The second-order valence-corrected chi connectivity index (χ2v) is 6.98. The van der Waals surface area contributed by atoms with Crippen LogP contribution in [-0.2, 0) is 17.8 Å². The van der Waals surface area contributed by atoms with E-state index >= 15 is 0 Å². The summed E-state index contributed by atoms with van der Waals surface area (Å²) in [6, 6.07) is 17.2. The second-order valence-electron chi connectivity index (χ2n) is 6.98. The fourth-order valence-electron chi connectivity index (χ4n) is 3.47. The molecule has 0 spiro atoms. The van der Waals surface area contributed by atoms with Crippen LogP contribution in [0.15, 0.2) is 59.1 Å². The molecule has 1 unspecified atom stereocenters. The summed E-state index contributed by atoms with van der Waals surface area (Å²) >= 11 is 0. The quantitative estimate of drug-likeness (QED) is 0.532. The third-order valence-electron chi connectivity index (χ3n) is 4.85. The lowest BCUT2D eigenvalue weighted by Crippen LogP contribution is -2.05. The van der Waals surface area contributed by atoms with Crippen LogP contribution in [0.1, 0.15) is 28.7 Å². The molecule has 140 valence electrons. The number of fused-ring (bicyclic) bond motifs is 2. The highest BCUT2D eigenvalue weighted by Gasteiger charge is 2.20. The van der Waals surface area contributed by atoms with Gasteiger partial charge in [0.2, 0.25) is 0 Å². The molecule has 0 saturated carbocycles. The van der Waals surface area contributed by atoms with Crippen LogP contribution in [0.3, 0.4) is 0 Å². The zero-order chi connectivity index (χ0) is 19.1. The monoisotopic (exact) mass is 374 g/mol. The van der Waals surface area contributed by atoms with E-state index in [0.717, 1.165) is 28.6 Å². The SMILES string of the molecule is CC1Cc2ccc(-c3cc(COC(=O)c4cc5ccccc5[nH]4)no3)cc2O1. The molecule has 1 N–H and O–H groups in total. The van der Waals surface area contributed by atoms with Gasteiger partial charge in [-0.1, -0.05) is 35.5 Å². The van der Waals surface area contributed by atoms with Gasteiger partial charge in [-0.3, -0.25) is 0 Å². The van der Waals surface area contributed by atoms with Crippen molar-refractivity contribution in [3.63, 3.8) is 0 Å². The van der Waals surface area contributed by atoms with Crippen LogP contribution >= 0.6 is 0 Å². The Labute approximate surface area is 161 Å². The molecule has 0 fully saturated rings. The first-order valence-electron chi connectivity index (χ1n) is 9.16. The minimum atomic E-state index is -0.430. The molecule has 4 aromatic rings. The van der Waals surface area contributed by atoms with Crippen LogP contribution in [0.5, 0.6) is 5.75 Å². The van der Waals surface area contributed by atoms with Crippen LogP contribution in [-0.4, -0.2) is 22.2 Å². The molecule has 28 heavy (non-hydrogen) atoms. The molecule has 1 atom stereocenters. The summed E-state index contributed by atoms with van der Waals surface area (Å²) in [7, 11) is 0. The fraction of sp³-hybridized carbons (Fsp3) is 0.182. The van der Waals surface area contributed by atoms with Gasteiger partial charge in [-0.25, -0.2) is 4.79 Å². The van der Waals surface area contributed by atoms with Gasteiger partial charge in [-0.2, -0.15) is 0 Å². The van der Waals surface area contributed by atoms with Gasteiger partial charge >= 0.3 is 5.97 Å². The highest BCUT2D eigenvalue weighted by Crippen LogP contribution is 2.33. The summed E-state index contributed by atoms with van der Waals surface area (Å²) in [4.78, 5) is 15.4. The predicted octanol–water partition coefficient (Wildman–Crippen LogP) is 4.50. The molecule has 2 aromatic carbocycles. The number of carbonyl (C=O) groups is 1. The van der Waals surface area contributed by atoms with E-state index in [0.29, 0.717) is 17.1 Å². The first-order chi connectivity index (χ1) is 13.7. The number of rotatable bonds is 4. The number of aromatic nitrogens is 2. The molecular weight excluding hydrogens is 356 g/mol. The molecule has 0 bridgehead atoms. The lowest BCUT2D eigenvalue weighted by atomic mass is 10.1. The van der Waals surface area contributed by atoms with Gasteiger partial charge in [0, 0.05) is 29.0 Å². The van der Waals surface area contributed by atoms with E-state index < -0.39 is 5.97 Å². The van der Waals surface area contributed by atoms with Gasteiger partial charge in [-0.15, -0.1) is 0 Å². The standard InChI is InChI=1S/C22H18N2O4/c1-13-8-15-6-7-16(10-20(15)27-13)21-11-17(24-28-21)12-26-22(25)19-9-14-4-2-3-5-18(14)23-19/h2-7,9-11,13,23H,8,12H2,1H3. The van der Waals surface area contributed by atoms with E-state index in [2.05, 4.69) is 10.1 Å². The molecule has 1 aliphatic heterocycles. The minimum Gasteiger partial charge on any atom is -0.490 e. The average Bonchev–Trinajstić information content (AvgIpc) is 3.42. The van der Waals surface area contributed by atoms with Gasteiger partial charge in [0.25, 0.3) is 0 Å². The average molecular weight is 374 g/mol. The number of nitrogens with zero attached hydrogens (tertiary/aromatic N) is 1. The Morgan fingerprint density at radius 2 is 2.11 bits per heavy atom. The third-order valence-corrected chi connectivity index (χ3v) is 4.85. The van der Waals surface area contributed by atoms with Crippen molar-refractivity contribution in [1.82, 2.24) is 10.1 Å². The first-order valence-corrected chi connectivity index (χ1v) is 9.16. The zero-order valence-electron chi connectivity index (χ0n) is 15.3. The highest BCUT2D eigenvalue weighted by atomic mass is 16.5. The topological polar surface area (TPSA) is 77.4 Å². The summed E-state index contributed by atoms with van der Waals surface area (Å²) in [6.45, 7) is 2.09. The number of hydrogen-bond acceptors (Lipinski definition) is 5. The van der Waals surface area contributed by atoms with Crippen molar-refractivity contribution in [2.24, 2.45) is 0 Å². The number of ether oxygens (including phenoxy) is 2. The Bertz CT molecular complexity index is 1140. The maximum Gasteiger partial charge on any atom is 0.355 e. The largest absolute Gasteiger partial charge is 0.490 e. The van der Waals surface area contributed by atoms with Crippen molar-refractivity contribution in [2.45, 2.75) is 26.1 Å². The van der Waals surface area contributed by atoms with Crippen molar-refractivity contribution in [1.29, 1.82) is 0 Å². The predicted molar refractivity (Wildman–Crippen MR) is 103 cm³/mol. The lowest BCUT2D eigenvalue weighted by molar-refractivity contribution is 0.0458. The van der Waals surface area contributed by atoms with Crippen LogP contribution in [0.2, 0.25) is 0 Å². The number of benzene rings is 2. The third kappa shape index (κ3) is 3.03. The number of hydrogen-bond donors (Lipinski definition) is 1. The Kier molecular flexibility index (Phi) is 3.90. The molecule has 0 radical (unpaired) electrons. The maximum absolute atomic E-state index is 12.3. The number of nitrogens with one attached hydrogen (secondary N) is 1. The zero-order valence-corrected chi connectivity index (χ0v) is 15.3. The fourth-order valence-corrected chi connectivity index (χ4v) is 3.47. The highest BCUT2D eigenvalue weighted by molar-refractivity contribution is 5.94. The Morgan fingerprint density at radius 1 is 1.21 bits per heavy atom. The van der Waals surface area contributed by atoms with E-state index in [9.17, 15) is 4.79 Å². The molecule has 0 aliphatic carbocycles. The van der Waals surface area contributed by atoms with Gasteiger partial charge in [-0.05, 0) is 30.7 Å². The summed E-state index contributed by atoms with van der Waals surface area (Å²) in [5.74, 6) is 1.07. The number of H-pyrrole nitrogens is 1. The van der Waals surface area contributed by atoms with Crippen molar-refractivity contribution < 1.29 is 18.8 Å². The lowest BCUT2D eigenvalue weighted by Gasteiger charge is -2.03. The summed E-state index contributed by atoms with van der Waals surface area (Å²) in [5, 5.41) is 4.97. The number of carbonyl (C=O) groups excluding carboxylic acids is 1. The summed E-state index contributed by atoms with van der Waals surface area (Å²) in [5.41, 5.74) is 3.94. The van der Waals surface area contributed by atoms with E-state index in [-0.39, 0.29) is 12.7 Å². The summed E-state index contributed by atoms with van der Waals surface area (Å²) in [6.07, 6.45) is 1.11. The van der Waals surface area contributed by atoms with E-state index in [1.54, 1.807) is 12.1 Å². The molecule has 1 aliphatic rings. The van der Waals surface area contributed by atoms with Crippen molar-refractivity contribution in [2.75, 3.05) is 0 Å². The van der Waals surface area contributed by atoms with E-state index in [4.69, 9.17) is 14.0 Å². The molecule has 0 amide bonds. The van der Waals surface area contributed by atoms with Crippen LogP contribution in [0, 0.1) is 0 Å². The Balaban J connectivity index is 1.28. The van der Waals surface area contributed by atoms with E-state index in [1.165, 1.54) is 5.56 Å². The number of esters is 1. The van der Waals surface area contributed by atoms with Crippen LogP contribution in [0.25, 0.3) is 22.2 Å². The molecule has 3 heterocycles. The second kappa shape index (κ2) is 6.56. The molecule has 5 rings (SSSR count). The van der Waals surface area contributed by atoms with E-state index in [1.807, 2.05) is 49.4 Å². The van der Waals surface area contributed by atoms with Crippen molar-refractivity contribution in [3.05, 3.63) is 71.5 Å². The minimum absolute atomic E-state index is 0.0379. The van der Waals surface area contributed by atoms with Crippen LogP contribution in [0.4, 0.5) is 0 Å². The Hall–Kier alpha value is -3.54. The van der Waals surface area contributed by atoms with Crippen LogP contribution < -0.4 is 4.74 Å². The number of para-hydroxylation sites is 1. The number of aromatic amines is 1. The van der Waals surface area contributed by atoms with Crippen molar-refractivity contribution in [3.8, 4) is 17.1 Å². The van der Waals surface area contributed by atoms with Gasteiger partial charge in [0.05, 0.1) is 0 Å². The van der Waals surface area contributed by atoms with Gasteiger partial charge < -0.3 is 19.0 Å². The first kappa shape index (κ1) is 16.6. The maximum atomic E-state index is 12.3. The summed E-state index contributed by atoms with van der Waals surface area (Å²) < 4.78 is 16.6. The molecule has 6 heteroatoms. The van der Waals surface area contributed by atoms with Crippen molar-refractivity contribution >= 4 is 16.9 Å². The molecule has 0 saturated heterocycles.